The highest BCUT2D eigenvalue weighted by Gasteiger charge is 2.29. The monoisotopic (exact) mass is 321 g/mol. The second kappa shape index (κ2) is 8.00. The Morgan fingerprint density at radius 3 is 2.20 bits per heavy atom. The van der Waals surface area contributed by atoms with Crippen molar-refractivity contribution in [3.63, 3.8) is 0 Å². The lowest BCUT2D eigenvalue weighted by molar-refractivity contribution is 0.395. The second-order valence-electron chi connectivity index (χ2n) is 4.87. The Hall–Kier alpha value is -0.590. The van der Waals surface area contributed by atoms with E-state index in [1.807, 2.05) is 0 Å². The van der Waals surface area contributed by atoms with Crippen molar-refractivity contribution in [2.24, 2.45) is 0 Å². The number of aryl methyl sites for hydroxylation is 1. The smallest absolute Gasteiger partial charge is 0.246 e. The Kier molecular flexibility index (Phi) is 6.99. The van der Waals surface area contributed by atoms with Gasteiger partial charge < -0.3 is 0 Å². The number of alkyl halides is 1. The molecule has 0 radical (unpaired) electrons. The third-order valence-electron chi connectivity index (χ3n) is 3.21. The second-order valence-corrected chi connectivity index (χ2v) is 7.01. The third kappa shape index (κ3) is 3.96. The minimum Gasteiger partial charge on any atom is -0.281 e. The summed E-state index contributed by atoms with van der Waals surface area (Å²) in [5, 5.41) is 6.70. The zero-order chi connectivity index (χ0) is 15.2. The van der Waals surface area contributed by atoms with Gasteiger partial charge in [0, 0.05) is 13.1 Å². The molecule has 0 fully saturated rings. The predicted molar refractivity (Wildman–Crippen MR) is 81.5 cm³/mol. The molecule has 116 valence electrons. The molecule has 20 heavy (non-hydrogen) atoms. The lowest BCUT2D eigenvalue weighted by Crippen LogP contribution is -2.33. The van der Waals surface area contributed by atoms with Crippen LogP contribution in [0.25, 0.3) is 0 Å². The van der Waals surface area contributed by atoms with Gasteiger partial charge >= 0.3 is 0 Å². The number of nitrogens with zero attached hydrogens (tertiary/aromatic N) is 2. The highest BCUT2D eigenvalue weighted by molar-refractivity contribution is 7.89. The molecular weight excluding hydrogens is 298 g/mol. The largest absolute Gasteiger partial charge is 0.281 e. The summed E-state index contributed by atoms with van der Waals surface area (Å²) >= 11 is 5.80. The van der Waals surface area contributed by atoms with Crippen molar-refractivity contribution < 1.29 is 8.42 Å². The van der Waals surface area contributed by atoms with Gasteiger partial charge in [-0.3, -0.25) is 5.10 Å². The summed E-state index contributed by atoms with van der Waals surface area (Å²) in [6.45, 7) is 6.92. The molecule has 7 heteroatoms. The molecule has 0 unspecified atom stereocenters. The Morgan fingerprint density at radius 2 is 1.75 bits per heavy atom. The maximum absolute atomic E-state index is 12.8. The maximum atomic E-state index is 12.8. The lowest BCUT2D eigenvalue weighted by atomic mass is 10.3. The van der Waals surface area contributed by atoms with Crippen molar-refractivity contribution in [2.45, 2.75) is 57.2 Å². The van der Waals surface area contributed by atoms with E-state index in [9.17, 15) is 8.42 Å². The highest BCUT2D eigenvalue weighted by Crippen LogP contribution is 2.24. The molecule has 1 aromatic rings. The van der Waals surface area contributed by atoms with Crippen molar-refractivity contribution in [2.75, 3.05) is 13.1 Å². The van der Waals surface area contributed by atoms with Gasteiger partial charge in [-0.2, -0.15) is 9.40 Å². The number of rotatable bonds is 9. The molecule has 0 atom stereocenters. The minimum atomic E-state index is -3.52. The van der Waals surface area contributed by atoms with Crippen LogP contribution in [0.15, 0.2) is 4.90 Å². The van der Waals surface area contributed by atoms with Gasteiger partial charge in [0.05, 0.1) is 17.3 Å². The molecule has 1 N–H and O–H groups in total. The Labute approximate surface area is 126 Å². The maximum Gasteiger partial charge on any atom is 0.246 e. The van der Waals surface area contributed by atoms with E-state index in [0.29, 0.717) is 24.5 Å². The van der Waals surface area contributed by atoms with E-state index in [-0.39, 0.29) is 10.8 Å². The number of halogens is 1. The van der Waals surface area contributed by atoms with Gasteiger partial charge in [-0.25, -0.2) is 8.42 Å². The summed E-state index contributed by atoms with van der Waals surface area (Å²) in [6.07, 6.45) is 3.64. The van der Waals surface area contributed by atoms with Crippen LogP contribution in [0.3, 0.4) is 0 Å². The molecule has 1 rings (SSSR count). The first kappa shape index (κ1) is 17.5. The molecular formula is C13H24ClN3O2S. The highest BCUT2D eigenvalue weighted by atomic mass is 35.5. The molecule has 0 aromatic carbocycles. The number of aromatic nitrogens is 2. The van der Waals surface area contributed by atoms with Crippen molar-refractivity contribution in [1.29, 1.82) is 0 Å². The average molecular weight is 322 g/mol. The zero-order valence-electron chi connectivity index (χ0n) is 12.4. The molecule has 1 aromatic heterocycles. The summed E-state index contributed by atoms with van der Waals surface area (Å²) in [5.74, 6) is 0.0916. The van der Waals surface area contributed by atoms with Crippen molar-refractivity contribution in [3.8, 4) is 0 Å². The minimum absolute atomic E-state index is 0.0916. The number of aromatic amines is 1. The van der Waals surface area contributed by atoms with E-state index in [2.05, 4.69) is 24.0 Å². The molecule has 0 aliphatic heterocycles. The standard InChI is InChI=1S/C13H24ClN3O2S/c1-4-6-8-17(9-7-5-2)20(18,19)13-11(3)15-16-12(13)10-14/h4-10H2,1-3H3,(H,15,16). The van der Waals surface area contributed by atoms with Gasteiger partial charge in [0.25, 0.3) is 0 Å². The quantitative estimate of drug-likeness (QED) is 0.711. The molecule has 0 aliphatic carbocycles. The van der Waals surface area contributed by atoms with E-state index in [1.54, 1.807) is 11.2 Å². The first-order valence-electron chi connectivity index (χ1n) is 7.08. The Balaban J connectivity index is 3.10. The fraction of sp³-hybridized carbons (Fsp3) is 0.769. The summed E-state index contributed by atoms with van der Waals surface area (Å²) in [4.78, 5) is 0.250. The number of nitrogens with one attached hydrogen (secondary N) is 1. The van der Waals surface area contributed by atoms with Crippen LogP contribution in [0.4, 0.5) is 0 Å². The van der Waals surface area contributed by atoms with Crippen molar-refractivity contribution in [1.82, 2.24) is 14.5 Å². The van der Waals surface area contributed by atoms with Gasteiger partial charge in [0.1, 0.15) is 4.90 Å². The van der Waals surface area contributed by atoms with Crippen LogP contribution < -0.4 is 0 Å². The van der Waals surface area contributed by atoms with Crippen LogP contribution >= 0.6 is 11.6 Å². The fourth-order valence-corrected chi connectivity index (χ4v) is 4.17. The first-order valence-corrected chi connectivity index (χ1v) is 9.06. The van der Waals surface area contributed by atoms with E-state index < -0.39 is 10.0 Å². The molecule has 0 saturated carbocycles. The number of sulfonamides is 1. The third-order valence-corrected chi connectivity index (χ3v) is 5.56. The van der Waals surface area contributed by atoms with Crippen LogP contribution in [0.2, 0.25) is 0 Å². The molecule has 1 heterocycles. The van der Waals surface area contributed by atoms with Gasteiger partial charge in [0.2, 0.25) is 10.0 Å². The van der Waals surface area contributed by atoms with Crippen LogP contribution in [0.5, 0.6) is 0 Å². The summed E-state index contributed by atoms with van der Waals surface area (Å²) in [5.41, 5.74) is 0.959. The fourth-order valence-electron chi connectivity index (χ4n) is 2.05. The summed E-state index contributed by atoms with van der Waals surface area (Å²) in [6, 6.07) is 0. The lowest BCUT2D eigenvalue weighted by Gasteiger charge is -2.22. The number of H-pyrrole nitrogens is 1. The molecule has 0 aliphatic rings. The SMILES string of the molecule is CCCCN(CCCC)S(=O)(=O)c1c(CCl)n[nH]c1C. The van der Waals surface area contributed by atoms with Crippen LogP contribution in [-0.4, -0.2) is 36.0 Å². The van der Waals surface area contributed by atoms with Crippen LogP contribution in [-0.2, 0) is 15.9 Å². The number of unbranched alkanes of at least 4 members (excludes halogenated alkanes) is 2. The van der Waals surface area contributed by atoms with Gasteiger partial charge in [-0.1, -0.05) is 26.7 Å². The molecule has 0 bridgehead atoms. The summed E-state index contributed by atoms with van der Waals surface area (Å²) in [7, 11) is -3.52. The zero-order valence-corrected chi connectivity index (χ0v) is 14.0. The van der Waals surface area contributed by atoms with E-state index in [4.69, 9.17) is 11.6 Å². The predicted octanol–water partition coefficient (Wildman–Crippen LogP) is 3.05. The average Bonchev–Trinajstić information content (AvgIpc) is 2.80. The van der Waals surface area contributed by atoms with Crippen molar-refractivity contribution in [3.05, 3.63) is 11.4 Å². The Morgan fingerprint density at radius 1 is 1.20 bits per heavy atom. The summed E-state index contributed by atoms with van der Waals surface area (Å²) < 4.78 is 27.2. The van der Waals surface area contributed by atoms with Gasteiger partial charge in [0.15, 0.2) is 0 Å². The molecule has 0 saturated heterocycles. The van der Waals surface area contributed by atoms with E-state index in [1.165, 1.54) is 0 Å². The van der Waals surface area contributed by atoms with Crippen molar-refractivity contribution >= 4 is 21.6 Å². The van der Waals surface area contributed by atoms with Crippen LogP contribution in [0.1, 0.15) is 50.9 Å². The van der Waals surface area contributed by atoms with Gasteiger partial charge in [-0.15, -0.1) is 11.6 Å². The first-order chi connectivity index (χ1) is 9.48. The topological polar surface area (TPSA) is 66.1 Å². The van der Waals surface area contributed by atoms with E-state index >= 15 is 0 Å². The van der Waals surface area contributed by atoms with Crippen LogP contribution in [0, 0.1) is 6.92 Å². The molecule has 0 amide bonds. The van der Waals surface area contributed by atoms with E-state index in [0.717, 1.165) is 25.7 Å². The molecule has 5 nitrogen and oxygen atoms in total. The number of hydrogen-bond acceptors (Lipinski definition) is 3. The normalized spacial score (nSPS) is 12.2. The Bertz CT molecular complexity index is 506. The van der Waals surface area contributed by atoms with Gasteiger partial charge in [-0.05, 0) is 19.8 Å². The number of hydrogen-bond donors (Lipinski definition) is 1. The molecule has 0 spiro atoms.